The third-order valence-electron chi connectivity index (χ3n) is 2.91. The summed E-state index contributed by atoms with van der Waals surface area (Å²) < 4.78 is 52.5. The minimum atomic E-state index is -4.76. The molecule has 21 heavy (non-hydrogen) atoms. The number of halogens is 6. The lowest BCUT2D eigenvalue weighted by atomic mass is 9.99. The van der Waals surface area contributed by atoms with E-state index in [2.05, 4.69) is 5.32 Å². The Morgan fingerprint density at radius 1 is 1.19 bits per heavy atom. The highest BCUT2D eigenvalue weighted by atomic mass is 35.5. The molecule has 114 valence electrons. The number of hydrogen-bond donors (Lipinski definition) is 1. The molecule has 1 N–H and O–H groups in total. The molecule has 0 saturated carbocycles. The predicted molar refractivity (Wildman–Crippen MR) is 76.6 cm³/mol. The summed E-state index contributed by atoms with van der Waals surface area (Å²) in [6.45, 7) is 0. The maximum absolute atomic E-state index is 13.3. The maximum Gasteiger partial charge on any atom is 0.419 e. The SMILES string of the molecule is CNC(c1ccc(F)c(C(F)(F)F)c1)c1cc(Cl)sc1Cl. The van der Waals surface area contributed by atoms with Gasteiger partial charge in [0.25, 0.3) is 0 Å². The Bertz CT molecular complexity index is 654. The van der Waals surface area contributed by atoms with Gasteiger partial charge in [-0.1, -0.05) is 29.3 Å². The molecule has 0 fully saturated rings. The molecular formula is C13H9Cl2F4NS. The summed E-state index contributed by atoms with van der Waals surface area (Å²) in [5.74, 6) is -1.31. The van der Waals surface area contributed by atoms with E-state index in [-0.39, 0.29) is 5.56 Å². The topological polar surface area (TPSA) is 12.0 Å². The van der Waals surface area contributed by atoms with E-state index in [9.17, 15) is 17.6 Å². The summed E-state index contributed by atoms with van der Waals surface area (Å²) >= 11 is 13.0. The largest absolute Gasteiger partial charge is 0.419 e. The van der Waals surface area contributed by atoms with Crippen LogP contribution in [0, 0.1) is 5.82 Å². The Morgan fingerprint density at radius 2 is 1.86 bits per heavy atom. The van der Waals surface area contributed by atoms with Crippen LogP contribution in [0.5, 0.6) is 0 Å². The van der Waals surface area contributed by atoms with E-state index in [0.717, 1.165) is 23.5 Å². The number of nitrogens with one attached hydrogen (secondary N) is 1. The standard InChI is InChI=1S/C13H9Cl2F4NS/c1-20-11(7-5-10(14)21-12(7)15)6-2-3-9(16)8(4-6)13(17,18)19/h2-5,11,20H,1H3. The van der Waals surface area contributed by atoms with Gasteiger partial charge in [0.05, 0.1) is 20.3 Å². The van der Waals surface area contributed by atoms with Crippen molar-refractivity contribution >= 4 is 34.5 Å². The van der Waals surface area contributed by atoms with Crippen molar-refractivity contribution in [3.05, 3.63) is 55.4 Å². The zero-order valence-electron chi connectivity index (χ0n) is 10.6. The van der Waals surface area contributed by atoms with Gasteiger partial charge in [0, 0.05) is 5.56 Å². The van der Waals surface area contributed by atoms with Crippen LogP contribution in [0.25, 0.3) is 0 Å². The number of rotatable bonds is 3. The smallest absolute Gasteiger partial charge is 0.309 e. The van der Waals surface area contributed by atoms with Crippen molar-refractivity contribution in [3.63, 3.8) is 0 Å². The second-order valence-corrected chi connectivity index (χ2v) is 6.52. The second kappa shape index (κ2) is 6.12. The molecule has 1 atom stereocenters. The highest BCUT2D eigenvalue weighted by Crippen LogP contribution is 2.39. The first kappa shape index (κ1) is 16.5. The summed E-state index contributed by atoms with van der Waals surface area (Å²) in [7, 11) is 1.57. The first-order chi connectivity index (χ1) is 9.74. The molecular weight excluding hydrogens is 349 g/mol. The van der Waals surface area contributed by atoms with Gasteiger partial charge in [-0.3, -0.25) is 0 Å². The quantitative estimate of drug-likeness (QED) is 0.713. The van der Waals surface area contributed by atoms with E-state index in [1.54, 1.807) is 13.1 Å². The molecule has 1 heterocycles. The van der Waals surface area contributed by atoms with Gasteiger partial charge in [-0.25, -0.2) is 4.39 Å². The minimum Gasteiger partial charge on any atom is -0.309 e. The van der Waals surface area contributed by atoms with E-state index in [1.165, 1.54) is 6.07 Å². The van der Waals surface area contributed by atoms with E-state index >= 15 is 0 Å². The summed E-state index contributed by atoms with van der Waals surface area (Å²) in [6.07, 6.45) is -4.76. The molecule has 1 aromatic carbocycles. The van der Waals surface area contributed by atoms with Crippen LogP contribution < -0.4 is 5.32 Å². The molecule has 0 radical (unpaired) electrons. The number of alkyl halides is 3. The lowest BCUT2D eigenvalue weighted by molar-refractivity contribution is -0.140. The van der Waals surface area contributed by atoms with Gasteiger partial charge in [0.1, 0.15) is 5.82 Å². The summed E-state index contributed by atoms with van der Waals surface area (Å²) in [5, 5.41) is 2.86. The van der Waals surface area contributed by atoms with Gasteiger partial charge in [-0.05, 0) is 30.8 Å². The first-order valence-electron chi connectivity index (χ1n) is 5.72. The Balaban J connectivity index is 2.51. The van der Waals surface area contributed by atoms with E-state index in [4.69, 9.17) is 23.2 Å². The van der Waals surface area contributed by atoms with Crippen molar-refractivity contribution in [2.24, 2.45) is 0 Å². The molecule has 1 unspecified atom stereocenters. The third-order valence-corrected chi connectivity index (χ3v) is 4.43. The molecule has 0 aliphatic carbocycles. The molecule has 2 aromatic rings. The maximum atomic E-state index is 13.3. The normalized spacial score (nSPS) is 13.5. The monoisotopic (exact) mass is 357 g/mol. The van der Waals surface area contributed by atoms with Crippen LogP contribution in [-0.4, -0.2) is 7.05 Å². The molecule has 1 nitrogen and oxygen atoms in total. The third kappa shape index (κ3) is 3.51. The van der Waals surface area contributed by atoms with E-state index in [1.807, 2.05) is 0 Å². The fraction of sp³-hybridized carbons (Fsp3) is 0.231. The highest BCUT2D eigenvalue weighted by Gasteiger charge is 2.35. The Morgan fingerprint density at radius 3 is 2.33 bits per heavy atom. The summed E-state index contributed by atoms with van der Waals surface area (Å²) in [5.41, 5.74) is -0.505. The summed E-state index contributed by atoms with van der Waals surface area (Å²) in [6, 6.07) is 3.82. The Labute approximate surface area is 132 Å². The molecule has 0 saturated heterocycles. The average Bonchev–Trinajstić information content (AvgIpc) is 2.70. The molecule has 0 amide bonds. The minimum absolute atomic E-state index is 0.252. The van der Waals surface area contributed by atoms with Gasteiger partial charge in [0.2, 0.25) is 0 Å². The zero-order chi connectivity index (χ0) is 15.8. The number of hydrogen-bond acceptors (Lipinski definition) is 2. The van der Waals surface area contributed by atoms with Crippen LogP contribution in [0.1, 0.15) is 22.7 Å². The Hall–Kier alpha value is -0.820. The van der Waals surface area contributed by atoms with Gasteiger partial charge in [0.15, 0.2) is 0 Å². The van der Waals surface area contributed by atoms with Crippen LogP contribution >= 0.6 is 34.5 Å². The number of thiophene rings is 1. The van der Waals surface area contributed by atoms with Gasteiger partial charge in [-0.2, -0.15) is 13.2 Å². The van der Waals surface area contributed by atoms with Gasteiger partial charge in [-0.15, -0.1) is 11.3 Å². The van der Waals surface area contributed by atoms with Gasteiger partial charge >= 0.3 is 6.18 Å². The molecule has 2 rings (SSSR count). The van der Waals surface area contributed by atoms with Crippen LogP contribution in [0.2, 0.25) is 8.67 Å². The van der Waals surface area contributed by atoms with Gasteiger partial charge < -0.3 is 5.32 Å². The fourth-order valence-corrected chi connectivity index (χ4v) is 3.52. The molecule has 0 bridgehead atoms. The van der Waals surface area contributed by atoms with Crippen LogP contribution in [-0.2, 0) is 6.18 Å². The molecule has 0 aliphatic rings. The fourth-order valence-electron chi connectivity index (χ4n) is 1.99. The van der Waals surface area contributed by atoms with Crippen molar-refractivity contribution in [1.82, 2.24) is 5.32 Å². The molecule has 8 heteroatoms. The average molecular weight is 358 g/mol. The van der Waals surface area contributed by atoms with Crippen LogP contribution in [0.15, 0.2) is 24.3 Å². The second-order valence-electron chi connectivity index (χ2n) is 4.24. The zero-order valence-corrected chi connectivity index (χ0v) is 12.9. The van der Waals surface area contributed by atoms with Crippen molar-refractivity contribution in [2.45, 2.75) is 12.2 Å². The molecule has 1 aromatic heterocycles. The van der Waals surface area contributed by atoms with Crippen LogP contribution in [0.4, 0.5) is 17.6 Å². The lowest BCUT2D eigenvalue weighted by Gasteiger charge is -2.18. The van der Waals surface area contributed by atoms with Crippen molar-refractivity contribution in [1.29, 1.82) is 0 Å². The lowest BCUT2D eigenvalue weighted by Crippen LogP contribution is -2.19. The summed E-state index contributed by atoms with van der Waals surface area (Å²) in [4.78, 5) is 0. The predicted octanol–water partition coefficient (Wildman–Crippen LogP) is 5.52. The van der Waals surface area contributed by atoms with Crippen molar-refractivity contribution in [2.75, 3.05) is 7.05 Å². The highest BCUT2D eigenvalue weighted by molar-refractivity contribution is 7.20. The molecule has 0 aliphatic heterocycles. The molecule has 0 spiro atoms. The first-order valence-corrected chi connectivity index (χ1v) is 7.30. The van der Waals surface area contributed by atoms with E-state index < -0.39 is 23.6 Å². The van der Waals surface area contributed by atoms with E-state index in [0.29, 0.717) is 14.2 Å². The number of benzene rings is 1. The van der Waals surface area contributed by atoms with Crippen molar-refractivity contribution < 1.29 is 17.6 Å². The Kier molecular flexibility index (Phi) is 4.82. The van der Waals surface area contributed by atoms with Crippen LogP contribution in [0.3, 0.4) is 0 Å². The van der Waals surface area contributed by atoms with Crippen molar-refractivity contribution in [3.8, 4) is 0 Å².